The lowest BCUT2D eigenvalue weighted by molar-refractivity contribution is 0.394. The molecule has 0 bridgehead atoms. The number of hydrogen-bond donors (Lipinski definition) is 1. The van der Waals surface area contributed by atoms with E-state index in [1.165, 1.54) is 49.0 Å². The molecule has 2 saturated carbocycles. The maximum Gasteiger partial charge on any atom is 0.112 e. The minimum Gasteiger partial charge on any atom is -0.331 e. The van der Waals surface area contributed by atoms with Crippen LogP contribution in [0, 0.1) is 0 Å². The molecule has 0 amide bonds. The van der Waals surface area contributed by atoms with Crippen molar-refractivity contribution < 1.29 is 0 Å². The molecule has 0 unspecified atom stereocenters. The third kappa shape index (κ3) is 2.06. The molecule has 0 atom stereocenters. The lowest BCUT2D eigenvalue weighted by Crippen LogP contribution is -2.15. The Labute approximate surface area is 114 Å². The second kappa shape index (κ2) is 4.34. The molecule has 2 aliphatic rings. The molecule has 4 rings (SSSR count). The van der Waals surface area contributed by atoms with Gasteiger partial charge in [0.15, 0.2) is 0 Å². The van der Waals surface area contributed by atoms with Gasteiger partial charge in [-0.05, 0) is 43.4 Å². The minimum atomic E-state index is 0.699. The monoisotopic (exact) mass is 255 g/mol. The van der Waals surface area contributed by atoms with Gasteiger partial charge in [-0.15, -0.1) is 0 Å². The normalized spacial score (nSPS) is 19.8. The predicted molar refractivity (Wildman–Crippen MR) is 77.2 cm³/mol. The first-order valence-electron chi connectivity index (χ1n) is 7.50. The highest BCUT2D eigenvalue weighted by Crippen LogP contribution is 2.36. The Morgan fingerprint density at radius 3 is 2.79 bits per heavy atom. The fourth-order valence-electron chi connectivity index (χ4n) is 2.95. The van der Waals surface area contributed by atoms with Gasteiger partial charge in [0.05, 0.1) is 11.0 Å². The lowest BCUT2D eigenvalue weighted by atomic mass is 9.85. The zero-order valence-electron chi connectivity index (χ0n) is 11.5. The summed E-state index contributed by atoms with van der Waals surface area (Å²) in [5.74, 6) is 1.99. The van der Waals surface area contributed by atoms with Crippen molar-refractivity contribution in [1.29, 1.82) is 0 Å². The van der Waals surface area contributed by atoms with E-state index in [9.17, 15) is 0 Å². The topological polar surface area (TPSA) is 29.9 Å². The van der Waals surface area contributed by atoms with Gasteiger partial charge in [0.1, 0.15) is 5.82 Å². The molecule has 0 spiro atoms. The molecule has 1 N–H and O–H groups in total. The van der Waals surface area contributed by atoms with Crippen LogP contribution in [-0.4, -0.2) is 15.6 Å². The summed E-state index contributed by atoms with van der Waals surface area (Å²) >= 11 is 0. The summed E-state index contributed by atoms with van der Waals surface area (Å²) in [5, 5.41) is 3.58. The zero-order valence-corrected chi connectivity index (χ0v) is 11.5. The third-order valence-corrected chi connectivity index (χ3v) is 4.62. The quantitative estimate of drug-likeness (QED) is 0.910. The van der Waals surface area contributed by atoms with Crippen molar-refractivity contribution in [2.45, 2.75) is 50.6 Å². The second-order valence-electron chi connectivity index (χ2n) is 6.14. The van der Waals surface area contributed by atoms with Gasteiger partial charge in [0.25, 0.3) is 0 Å². The highest BCUT2D eigenvalue weighted by Gasteiger charge is 2.25. The molecule has 0 aliphatic heterocycles. The van der Waals surface area contributed by atoms with Crippen LogP contribution in [0.15, 0.2) is 18.2 Å². The summed E-state index contributed by atoms with van der Waals surface area (Å²) in [6, 6.07) is 7.48. The van der Waals surface area contributed by atoms with E-state index < -0.39 is 0 Å². The van der Waals surface area contributed by atoms with Gasteiger partial charge < -0.3 is 9.88 Å². The Morgan fingerprint density at radius 2 is 2.11 bits per heavy atom. The molecular weight excluding hydrogens is 234 g/mol. The molecule has 0 radical (unpaired) electrons. The molecule has 2 aliphatic carbocycles. The van der Waals surface area contributed by atoms with Gasteiger partial charge in [-0.25, -0.2) is 4.98 Å². The maximum atomic E-state index is 4.83. The molecule has 1 aromatic carbocycles. The minimum absolute atomic E-state index is 0.699. The molecule has 3 heteroatoms. The summed E-state index contributed by atoms with van der Waals surface area (Å²) in [6.07, 6.45) is 6.69. The number of benzene rings is 1. The average molecular weight is 255 g/mol. The number of fused-ring (bicyclic) bond motifs is 1. The number of rotatable bonds is 4. The Balaban J connectivity index is 1.64. The molecule has 1 heterocycles. The molecule has 1 aromatic heterocycles. The number of imidazole rings is 1. The molecule has 3 nitrogen and oxygen atoms in total. The fourth-order valence-corrected chi connectivity index (χ4v) is 2.95. The predicted octanol–water partition coefficient (Wildman–Crippen LogP) is 3.09. The van der Waals surface area contributed by atoms with Crippen molar-refractivity contribution in [1.82, 2.24) is 14.9 Å². The van der Waals surface area contributed by atoms with Crippen LogP contribution in [0.3, 0.4) is 0 Å². The molecule has 100 valence electrons. The van der Waals surface area contributed by atoms with Gasteiger partial charge in [0.2, 0.25) is 0 Å². The number of nitrogens with one attached hydrogen (secondary N) is 1. The van der Waals surface area contributed by atoms with E-state index >= 15 is 0 Å². The van der Waals surface area contributed by atoms with E-state index in [1.807, 2.05) is 0 Å². The van der Waals surface area contributed by atoms with Crippen molar-refractivity contribution in [3.05, 3.63) is 29.6 Å². The Bertz CT molecular complexity index is 606. The van der Waals surface area contributed by atoms with E-state index in [2.05, 4.69) is 35.1 Å². The van der Waals surface area contributed by atoms with Crippen molar-refractivity contribution in [3.8, 4) is 0 Å². The van der Waals surface area contributed by atoms with Crippen LogP contribution in [0.1, 0.15) is 49.4 Å². The van der Waals surface area contributed by atoms with Gasteiger partial charge in [-0.3, -0.25) is 0 Å². The summed E-state index contributed by atoms with van der Waals surface area (Å²) in [4.78, 5) is 4.83. The summed E-state index contributed by atoms with van der Waals surface area (Å²) in [6.45, 7) is 0.991. The van der Waals surface area contributed by atoms with Crippen molar-refractivity contribution >= 4 is 11.0 Å². The Hall–Kier alpha value is -1.35. The van der Waals surface area contributed by atoms with Crippen molar-refractivity contribution in [2.24, 2.45) is 7.05 Å². The number of hydrogen-bond acceptors (Lipinski definition) is 2. The van der Waals surface area contributed by atoms with Crippen LogP contribution in [-0.2, 0) is 13.6 Å². The van der Waals surface area contributed by atoms with Gasteiger partial charge >= 0.3 is 0 Å². The summed E-state index contributed by atoms with van der Waals surface area (Å²) in [7, 11) is 2.17. The van der Waals surface area contributed by atoms with Crippen LogP contribution in [0.4, 0.5) is 0 Å². The Kier molecular flexibility index (Phi) is 2.62. The van der Waals surface area contributed by atoms with Gasteiger partial charge in [0, 0.05) is 25.6 Å². The SMILES string of the molecule is Cn1c(C2CCC2)nc2ccc(CNC3CC3)cc21. The molecule has 19 heavy (non-hydrogen) atoms. The van der Waals surface area contributed by atoms with E-state index in [4.69, 9.17) is 4.98 Å². The van der Waals surface area contributed by atoms with Crippen molar-refractivity contribution in [3.63, 3.8) is 0 Å². The van der Waals surface area contributed by atoms with Crippen LogP contribution < -0.4 is 5.32 Å². The van der Waals surface area contributed by atoms with Gasteiger partial charge in [-0.1, -0.05) is 12.5 Å². The average Bonchev–Trinajstić information content (AvgIpc) is 3.13. The van der Waals surface area contributed by atoms with Crippen LogP contribution in [0.5, 0.6) is 0 Å². The van der Waals surface area contributed by atoms with E-state index in [0.717, 1.165) is 18.1 Å². The highest BCUT2D eigenvalue weighted by molar-refractivity contribution is 5.77. The third-order valence-electron chi connectivity index (χ3n) is 4.62. The lowest BCUT2D eigenvalue weighted by Gasteiger charge is -2.24. The first-order chi connectivity index (χ1) is 9.31. The van der Waals surface area contributed by atoms with E-state index in [-0.39, 0.29) is 0 Å². The smallest absolute Gasteiger partial charge is 0.112 e. The first-order valence-corrected chi connectivity index (χ1v) is 7.50. The molecular formula is C16H21N3. The number of aryl methyl sites for hydroxylation is 1. The second-order valence-corrected chi connectivity index (χ2v) is 6.14. The van der Waals surface area contributed by atoms with E-state index in [0.29, 0.717) is 5.92 Å². The summed E-state index contributed by atoms with van der Waals surface area (Å²) in [5.41, 5.74) is 3.82. The van der Waals surface area contributed by atoms with Crippen LogP contribution >= 0.6 is 0 Å². The number of aromatic nitrogens is 2. The number of nitrogens with zero attached hydrogens (tertiary/aromatic N) is 2. The molecule has 0 saturated heterocycles. The molecule has 2 fully saturated rings. The summed E-state index contributed by atoms with van der Waals surface area (Å²) < 4.78 is 2.31. The van der Waals surface area contributed by atoms with Crippen molar-refractivity contribution in [2.75, 3.05) is 0 Å². The van der Waals surface area contributed by atoms with Gasteiger partial charge in [-0.2, -0.15) is 0 Å². The van der Waals surface area contributed by atoms with E-state index in [1.54, 1.807) is 0 Å². The standard InChI is InChI=1S/C16H21N3/c1-19-15-9-11(10-17-13-6-7-13)5-8-14(15)18-16(19)12-3-2-4-12/h5,8-9,12-13,17H,2-4,6-7,10H2,1H3. The largest absolute Gasteiger partial charge is 0.331 e. The first kappa shape index (κ1) is 11.5. The maximum absolute atomic E-state index is 4.83. The van der Waals surface area contributed by atoms with Crippen LogP contribution in [0.25, 0.3) is 11.0 Å². The highest BCUT2D eigenvalue weighted by atomic mass is 15.1. The zero-order chi connectivity index (χ0) is 12.8. The van der Waals surface area contributed by atoms with Crippen LogP contribution in [0.2, 0.25) is 0 Å². The Morgan fingerprint density at radius 1 is 1.26 bits per heavy atom. The fraction of sp³-hybridized carbons (Fsp3) is 0.562. The molecule has 2 aromatic rings.